The lowest BCUT2D eigenvalue weighted by molar-refractivity contribution is -0.143. The summed E-state index contributed by atoms with van der Waals surface area (Å²) in [5.41, 5.74) is 0.458. The highest BCUT2D eigenvalue weighted by Crippen LogP contribution is 2.44. The Morgan fingerprint density at radius 1 is 1.30 bits per heavy atom. The molecular weight excluding hydrogens is 439 g/mol. The summed E-state index contributed by atoms with van der Waals surface area (Å²) < 4.78 is 28.8. The molecule has 2 unspecified atom stereocenters. The predicted octanol–water partition coefficient (Wildman–Crippen LogP) is 1.70. The minimum absolute atomic E-state index is 0.0280. The van der Waals surface area contributed by atoms with Gasteiger partial charge < -0.3 is 14.7 Å². The molecule has 1 aromatic carbocycles. The molecule has 0 bridgehead atoms. The number of hydrogen-bond donors (Lipinski definition) is 1. The molecule has 2 aliphatic rings. The maximum Gasteiger partial charge on any atom is 0.329 e. The normalized spacial score (nSPS) is 25.0. The van der Waals surface area contributed by atoms with Crippen molar-refractivity contribution in [3.8, 4) is 0 Å². The van der Waals surface area contributed by atoms with Gasteiger partial charge in [-0.3, -0.25) is 4.79 Å². The number of ether oxygens (including phenoxy) is 1. The van der Waals surface area contributed by atoms with Crippen LogP contribution in [0.25, 0.3) is 0 Å². The van der Waals surface area contributed by atoms with E-state index in [1.165, 1.54) is 11.8 Å². The lowest BCUT2D eigenvalue weighted by Crippen LogP contribution is -2.38. The average Bonchev–Trinajstić information content (AvgIpc) is 3.01. The number of halogens is 2. The Morgan fingerprint density at radius 2 is 2.04 bits per heavy atom. The van der Waals surface area contributed by atoms with E-state index in [4.69, 9.17) is 33.0 Å². The first kappa shape index (κ1) is 20.4. The molecule has 146 valence electrons. The fourth-order valence-corrected chi connectivity index (χ4v) is 7.20. The summed E-state index contributed by atoms with van der Waals surface area (Å²) >= 11 is 13.5. The fourth-order valence-electron chi connectivity index (χ4n) is 2.89. The second kappa shape index (κ2) is 7.96. The molecule has 2 saturated heterocycles. The summed E-state index contributed by atoms with van der Waals surface area (Å²) in [4.78, 5) is 28.1. The van der Waals surface area contributed by atoms with E-state index in [2.05, 4.69) is 4.99 Å². The summed E-state index contributed by atoms with van der Waals surface area (Å²) in [5.74, 6) is -1.99. The summed E-state index contributed by atoms with van der Waals surface area (Å²) in [7, 11) is -3.21. The third-order valence-electron chi connectivity index (χ3n) is 3.93. The van der Waals surface area contributed by atoms with Gasteiger partial charge in [-0.15, -0.1) is 0 Å². The number of carbonyl (C=O) groups is 2. The fraction of sp³-hybridized carbons (Fsp3) is 0.400. The highest BCUT2D eigenvalue weighted by atomic mass is 35.5. The van der Waals surface area contributed by atoms with Gasteiger partial charge in [-0.05, 0) is 12.1 Å². The number of benzene rings is 1. The molecule has 1 amide bonds. The molecule has 2 atom stereocenters. The lowest BCUT2D eigenvalue weighted by atomic mass is 10.2. The van der Waals surface area contributed by atoms with Gasteiger partial charge in [-0.25, -0.2) is 13.2 Å². The molecule has 1 aromatic rings. The first-order valence-electron chi connectivity index (χ1n) is 7.69. The van der Waals surface area contributed by atoms with Crippen LogP contribution in [0.5, 0.6) is 0 Å². The van der Waals surface area contributed by atoms with Crippen LogP contribution >= 0.6 is 35.0 Å². The second-order valence-electron chi connectivity index (χ2n) is 5.92. The smallest absolute Gasteiger partial charge is 0.329 e. The molecule has 0 saturated carbocycles. The van der Waals surface area contributed by atoms with Gasteiger partial charge >= 0.3 is 5.97 Å². The molecule has 8 nitrogen and oxygen atoms in total. The topological polar surface area (TPSA) is 113 Å². The number of carboxylic acids is 1. The molecule has 0 radical (unpaired) electrons. The summed E-state index contributed by atoms with van der Waals surface area (Å²) in [6.45, 7) is -1.11. The molecule has 0 aliphatic carbocycles. The SMILES string of the molecule is O=C(O)COCC(=O)N=C1SC2CS(=O)(=O)CC2N1c1cccc(Cl)c1Cl. The maximum atomic E-state index is 12.0. The molecule has 2 aliphatic heterocycles. The standard InChI is InChI=1S/C15H14Cl2N2O6S2/c16-8-2-1-3-9(14(8)17)19-10-6-27(23,24)7-11(10)26-15(19)18-12(20)4-25-5-13(21)22/h1-3,10-11H,4-7H2,(H,21,22). The van der Waals surface area contributed by atoms with Gasteiger partial charge in [0.2, 0.25) is 0 Å². The van der Waals surface area contributed by atoms with E-state index in [-0.39, 0.29) is 26.9 Å². The highest BCUT2D eigenvalue weighted by molar-refractivity contribution is 8.16. The van der Waals surface area contributed by atoms with Gasteiger partial charge in [-0.2, -0.15) is 4.99 Å². The Morgan fingerprint density at radius 3 is 2.74 bits per heavy atom. The van der Waals surface area contributed by atoms with Crippen LogP contribution in [0, 0.1) is 0 Å². The van der Waals surface area contributed by atoms with Gasteiger partial charge in [-0.1, -0.05) is 41.0 Å². The number of sulfone groups is 1. The van der Waals surface area contributed by atoms with E-state index in [0.29, 0.717) is 10.7 Å². The number of fused-ring (bicyclic) bond motifs is 1. The third-order valence-corrected chi connectivity index (χ3v) is 7.95. The number of carboxylic acid groups (broad SMARTS) is 1. The minimum Gasteiger partial charge on any atom is -0.480 e. The quantitative estimate of drug-likeness (QED) is 0.717. The number of amidine groups is 1. The largest absolute Gasteiger partial charge is 0.480 e. The van der Waals surface area contributed by atoms with Crippen molar-refractivity contribution in [2.75, 3.05) is 29.6 Å². The molecule has 3 rings (SSSR count). The monoisotopic (exact) mass is 452 g/mol. The predicted molar refractivity (Wildman–Crippen MR) is 104 cm³/mol. The van der Waals surface area contributed by atoms with E-state index < -0.39 is 41.0 Å². The molecular formula is C15H14Cl2N2O6S2. The Labute approximate surface area is 169 Å². The maximum absolute atomic E-state index is 12.0. The highest BCUT2D eigenvalue weighted by Gasteiger charge is 2.49. The number of aliphatic imine (C=N–C) groups is 1. The van der Waals surface area contributed by atoms with Crippen LogP contribution < -0.4 is 4.90 Å². The van der Waals surface area contributed by atoms with Crippen LogP contribution in [-0.4, -0.2) is 66.6 Å². The van der Waals surface area contributed by atoms with E-state index in [9.17, 15) is 18.0 Å². The van der Waals surface area contributed by atoms with Crippen molar-refractivity contribution in [2.24, 2.45) is 4.99 Å². The van der Waals surface area contributed by atoms with Crippen molar-refractivity contribution in [3.05, 3.63) is 28.2 Å². The van der Waals surface area contributed by atoms with Gasteiger partial charge in [0.1, 0.15) is 13.2 Å². The molecule has 2 fully saturated rings. The van der Waals surface area contributed by atoms with E-state index in [1.807, 2.05) is 0 Å². The number of amides is 1. The van der Waals surface area contributed by atoms with E-state index in [0.717, 1.165) is 0 Å². The molecule has 1 N–H and O–H groups in total. The molecule has 27 heavy (non-hydrogen) atoms. The van der Waals surface area contributed by atoms with Crippen LogP contribution in [0.1, 0.15) is 0 Å². The Bertz CT molecular complexity index is 921. The summed E-state index contributed by atoms with van der Waals surface area (Å²) in [5, 5.41) is 9.06. The Kier molecular flexibility index (Phi) is 6.02. The van der Waals surface area contributed by atoms with Crippen molar-refractivity contribution < 1.29 is 27.9 Å². The first-order valence-corrected chi connectivity index (χ1v) is 11.1. The van der Waals surface area contributed by atoms with Crippen LogP contribution in [-0.2, 0) is 24.2 Å². The number of carbonyl (C=O) groups excluding carboxylic acids is 1. The van der Waals surface area contributed by atoms with Crippen molar-refractivity contribution in [1.82, 2.24) is 0 Å². The number of anilines is 1. The zero-order chi connectivity index (χ0) is 19.8. The number of aliphatic carboxylic acids is 1. The van der Waals surface area contributed by atoms with Crippen molar-refractivity contribution in [3.63, 3.8) is 0 Å². The van der Waals surface area contributed by atoms with Crippen LogP contribution in [0.4, 0.5) is 5.69 Å². The lowest BCUT2D eigenvalue weighted by Gasteiger charge is -2.25. The van der Waals surface area contributed by atoms with Gasteiger partial charge in [0.15, 0.2) is 15.0 Å². The zero-order valence-electron chi connectivity index (χ0n) is 13.7. The second-order valence-corrected chi connectivity index (χ2v) is 10.1. The summed E-state index contributed by atoms with van der Waals surface area (Å²) in [6.07, 6.45) is 0. The third kappa shape index (κ3) is 4.57. The van der Waals surface area contributed by atoms with Crippen molar-refractivity contribution >= 4 is 67.5 Å². The van der Waals surface area contributed by atoms with Crippen molar-refractivity contribution in [2.45, 2.75) is 11.3 Å². The number of nitrogens with zero attached hydrogens (tertiary/aromatic N) is 2. The molecule has 2 heterocycles. The van der Waals surface area contributed by atoms with E-state index in [1.54, 1.807) is 23.1 Å². The van der Waals surface area contributed by atoms with Crippen LogP contribution in [0.15, 0.2) is 23.2 Å². The Hall–Kier alpha value is -1.33. The van der Waals surface area contributed by atoms with Crippen molar-refractivity contribution in [1.29, 1.82) is 0 Å². The number of hydrogen-bond acceptors (Lipinski definition) is 6. The number of rotatable bonds is 5. The number of thioether (sulfide) groups is 1. The first-order chi connectivity index (χ1) is 12.7. The Balaban J connectivity index is 1.91. The van der Waals surface area contributed by atoms with Gasteiger partial charge in [0, 0.05) is 5.25 Å². The average molecular weight is 453 g/mol. The van der Waals surface area contributed by atoms with Crippen LogP contribution in [0.2, 0.25) is 10.0 Å². The zero-order valence-corrected chi connectivity index (χ0v) is 16.8. The minimum atomic E-state index is -3.21. The molecule has 0 spiro atoms. The van der Waals surface area contributed by atoms with Gasteiger partial charge in [0.05, 0.1) is 33.3 Å². The van der Waals surface area contributed by atoms with Gasteiger partial charge in [0.25, 0.3) is 5.91 Å². The van der Waals surface area contributed by atoms with E-state index >= 15 is 0 Å². The molecule has 0 aromatic heterocycles. The van der Waals surface area contributed by atoms with Crippen LogP contribution in [0.3, 0.4) is 0 Å². The summed E-state index contributed by atoms with van der Waals surface area (Å²) in [6, 6.07) is 4.51. The molecule has 12 heteroatoms.